The molecule has 0 radical (unpaired) electrons. The lowest BCUT2D eigenvalue weighted by Crippen LogP contribution is -2.43. The number of nitrogens with zero attached hydrogens (tertiary/aromatic N) is 3. The van der Waals surface area contributed by atoms with Gasteiger partial charge in [0.25, 0.3) is 0 Å². The van der Waals surface area contributed by atoms with E-state index in [0.717, 1.165) is 0 Å². The van der Waals surface area contributed by atoms with Crippen molar-refractivity contribution in [2.75, 3.05) is 52.4 Å². The molecule has 0 aromatic rings. The molecule has 14 nitrogen and oxygen atoms in total. The maximum atomic E-state index is 13.1. The van der Waals surface area contributed by atoms with Gasteiger partial charge in [-0.1, -0.05) is 0 Å². The summed E-state index contributed by atoms with van der Waals surface area (Å²) in [5, 5.41) is 2.70. The van der Waals surface area contributed by atoms with Crippen molar-refractivity contribution in [2.45, 2.75) is 138 Å². The van der Waals surface area contributed by atoms with Crippen molar-refractivity contribution in [3.05, 3.63) is 0 Å². The third-order valence-corrected chi connectivity index (χ3v) is 5.82. The zero-order valence-corrected chi connectivity index (χ0v) is 31.9. The molecule has 1 N–H and O–H groups in total. The first-order valence-corrected chi connectivity index (χ1v) is 16.9. The Morgan fingerprint density at radius 2 is 0.854 bits per heavy atom. The van der Waals surface area contributed by atoms with Gasteiger partial charge in [0.2, 0.25) is 0 Å². The van der Waals surface area contributed by atoms with E-state index in [4.69, 9.17) is 23.7 Å². The van der Waals surface area contributed by atoms with E-state index in [1.807, 2.05) is 0 Å². The third kappa shape index (κ3) is 23.8. The van der Waals surface area contributed by atoms with Crippen LogP contribution in [0.25, 0.3) is 0 Å². The van der Waals surface area contributed by atoms with Crippen LogP contribution >= 0.6 is 0 Å². The molecule has 0 aliphatic heterocycles. The van der Waals surface area contributed by atoms with Crippen molar-refractivity contribution in [1.82, 2.24) is 20.0 Å². The van der Waals surface area contributed by atoms with Crippen molar-refractivity contribution in [3.63, 3.8) is 0 Å². The van der Waals surface area contributed by atoms with Gasteiger partial charge in [-0.2, -0.15) is 0 Å². The molecule has 0 unspecified atom stereocenters. The highest BCUT2D eigenvalue weighted by molar-refractivity contribution is 5.78. The molecule has 0 spiro atoms. The van der Waals surface area contributed by atoms with Crippen LogP contribution < -0.4 is 5.32 Å². The van der Waals surface area contributed by atoms with Crippen LogP contribution in [0, 0.1) is 0 Å². The van der Waals surface area contributed by atoms with Crippen LogP contribution in [-0.4, -0.2) is 120 Å². The molecule has 0 saturated heterocycles. The number of hydrogen-bond donors (Lipinski definition) is 1. The molecule has 14 heteroatoms. The fourth-order valence-corrected chi connectivity index (χ4v) is 4.00. The van der Waals surface area contributed by atoms with E-state index in [1.54, 1.807) is 99.8 Å². The second kappa shape index (κ2) is 20.2. The molecular weight excluding hydrogens is 624 g/mol. The number of carbonyl (C=O) groups excluding carboxylic acids is 5. The van der Waals surface area contributed by atoms with Gasteiger partial charge >= 0.3 is 30.3 Å². The molecule has 48 heavy (non-hydrogen) atoms. The van der Waals surface area contributed by atoms with Gasteiger partial charge in [0.15, 0.2) is 0 Å². The van der Waals surface area contributed by atoms with E-state index >= 15 is 0 Å². The largest absolute Gasteiger partial charge is 0.465 e. The van der Waals surface area contributed by atoms with E-state index in [-0.39, 0.29) is 26.2 Å². The molecule has 0 aromatic carbocycles. The van der Waals surface area contributed by atoms with Crippen LogP contribution in [0.4, 0.5) is 19.2 Å². The van der Waals surface area contributed by atoms with Crippen molar-refractivity contribution < 1.29 is 47.7 Å². The highest BCUT2D eigenvalue weighted by Gasteiger charge is 2.27. The molecule has 0 aromatic heterocycles. The summed E-state index contributed by atoms with van der Waals surface area (Å²) >= 11 is 0. The van der Waals surface area contributed by atoms with Crippen molar-refractivity contribution in [2.24, 2.45) is 0 Å². The number of carbonyl (C=O) groups is 5. The second-order valence-electron chi connectivity index (χ2n) is 15.5. The number of rotatable bonds is 16. The molecule has 0 fully saturated rings. The Hall–Kier alpha value is -3.45. The Labute approximate surface area is 288 Å². The highest BCUT2D eigenvalue weighted by Crippen LogP contribution is 2.15. The molecule has 280 valence electrons. The highest BCUT2D eigenvalue weighted by atomic mass is 16.6. The van der Waals surface area contributed by atoms with Crippen LogP contribution in [0.3, 0.4) is 0 Å². The lowest BCUT2D eigenvalue weighted by molar-refractivity contribution is -0.144. The Balaban J connectivity index is 5.44. The quantitative estimate of drug-likeness (QED) is 0.110. The summed E-state index contributed by atoms with van der Waals surface area (Å²) in [5.41, 5.74) is -2.77. The molecule has 0 rings (SSSR count). The SMILES string of the molecule is CCOC(=O)CN(CCCN(CCCCN(CCCNC(=O)OC(C)(C)C)C(=O)OC(C)(C)C)C(=O)OC(C)(C)C)C(=O)OC(C)(C)C. The Bertz CT molecular complexity index is 1020. The van der Waals surface area contributed by atoms with E-state index in [9.17, 15) is 24.0 Å². The van der Waals surface area contributed by atoms with Crippen molar-refractivity contribution >= 4 is 30.3 Å². The first-order valence-electron chi connectivity index (χ1n) is 16.9. The van der Waals surface area contributed by atoms with Gasteiger partial charge in [-0.3, -0.25) is 9.69 Å². The summed E-state index contributed by atoms with van der Waals surface area (Å²) in [6, 6.07) is 0. The minimum absolute atomic E-state index is 0.150. The van der Waals surface area contributed by atoms with Gasteiger partial charge < -0.3 is 38.8 Å². The molecule has 0 saturated carbocycles. The minimum Gasteiger partial charge on any atom is -0.465 e. The van der Waals surface area contributed by atoms with Crippen LogP contribution in [0.15, 0.2) is 0 Å². The van der Waals surface area contributed by atoms with E-state index in [0.29, 0.717) is 51.9 Å². The molecule has 0 atom stereocenters. The van der Waals surface area contributed by atoms with Gasteiger partial charge in [0, 0.05) is 39.3 Å². The predicted molar refractivity (Wildman–Crippen MR) is 183 cm³/mol. The van der Waals surface area contributed by atoms with Gasteiger partial charge in [-0.15, -0.1) is 0 Å². The first-order chi connectivity index (χ1) is 21.8. The van der Waals surface area contributed by atoms with Crippen LogP contribution in [0.5, 0.6) is 0 Å². The fourth-order valence-electron chi connectivity index (χ4n) is 4.00. The Kier molecular flexibility index (Phi) is 18.7. The van der Waals surface area contributed by atoms with Gasteiger partial charge in [-0.05, 0) is 116 Å². The number of ether oxygens (including phenoxy) is 5. The van der Waals surface area contributed by atoms with Gasteiger partial charge in [-0.25, -0.2) is 19.2 Å². The molecule has 0 heterocycles. The number of hydrogen-bond acceptors (Lipinski definition) is 10. The van der Waals surface area contributed by atoms with Crippen LogP contribution in [0.2, 0.25) is 0 Å². The zero-order chi connectivity index (χ0) is 37.3. The van der Waals surface area contributed by atoms with E-state index < -0.39 is 52.7 Å². The Morgan fingerprint density at radius 1 is 0.500 bits per heavy atom. The Morgan fingerprint density at radius 3 is 1.25 bits per heavy atom. The monoisotopic (exact) mass is 688 g/mol. The standard InChI is InChI=1S/C34H64N4O10/c1-14-44-26(39)25-38(30(43)48-34(11,12)13)24-18-23-37(29(42)47-33(8,9)10)21-16-15-20-36(28(41)46-32(5,6)7)22-17-19-35-27(40)45-31(2,3)4/h14-25H2,1-13H3,(H,35,40). The van der Waals surface area contributed by atoms with E-state index in [2.05, 4.69) is 5.32 Å². The predicted octanol–water partition coefficient (Wildman–Crippen LogP) is 6.35. The summed E-state index contributed by atoms with van der Waals surface area (Å²) in [4.78, 5) is 67.5. The van der Waals surface area contributed by atoms with Crippen molar-refractivity contribution in [3.8, 4) is 0 Å². The lowest BCUT2D eigenvalue weighted by atomic mass is 10.2. The van der Waals surface area contributed by atoms with Crippen LogP contribution in [0.1, 0.15) is 116 Å². The van der Waals surface area contributed by atoms with Gasteiger partial charge in [0.1, 0.15) is 28.9 Å². The average molecular weight is 689 g/mol. The molecule has 0 bridgehead atoms. The normalized spacial score (nSPS) is 12.0. The number of amides is 4. The topological polar surface area (TPSA) is 153 Å². The molecule has 0 aliphatic carbocycles. The number of nitrogens with one attached hydrogen (secondary N) is 1. The zero-order valence-electron chi connectivity index (χ0n) is 31.9. The van der Waals surface area contributed by atoms with E-state index in [1.165, 1.54) is 4.90 Å². The average Bonchev–Trinajstić information content (AvgIpc) is 2.86. The summed E-state index contributed by atoms with van der Waals surface area (Å²) in [5.74, 6) is -0.553. The summed E-state index contributed by atoms with van der Waals surface area (Å²) in [6.07, 6.45) is -0.194. The third-order valence-electron chi connectivity index (χ3n) is 5.82. The molecular formula is C34H64N4O10. The number of unbranched alkanes of at least 4 members (excludes halogenated alkanes) is 1. The summed E-state index contributed by atoms with van der Waals surface area (Å²) < 4.78 is 27.0. The minimum atomic E-state index is -0.756. The summed E-state index contributed by atoms with van der Waals surface area (Å²) in [6.45, 7) is 24.7. The lowest BCUT2D eigenvalue weighted by Gasteiger charge is -2.30. The smallest absolute Gasteiger partial charge is 0.410 e. The number of alkyl carbamates (subject to hydrolysis) is 1. The maximum Gasteiger partial charge on any atom is 0.410 e. The van der Waals surface area contributed by atoms with Gasteiger partial charge in [0.05, 0.1) is 6.61 Å². The fraction of sp³-hybridized carbons (Fsp3) is 0.853. The summed E-state index contributed by atoms with van der Waals surface area (Å²) in [7, 11) is 0. The number of esters is 1. The first kappa shape index (κ1) is 44.5. The molecule has 0 aliphatic rings. The van der Waals surface area contributed by atoms with Crippen LogP contribution in [-0.2, 0) is 28.5 Å². The molecule has 4 amide bonds. The maximum absolute atomic E-state index is 13.1. The second-order valence-corrected chi connectivity index (χ2v) is 15.5. The van der Waals surface area contributed by atoms with Crippen molar-refractivity contribution in [1.29, 1.82) is 0 Å².